The topological polar surface area (TPSA) is 44.4 Å². The molecule has 124 valence electrons. The average molecular weight is 318 g/mol. The van der Waals surface area contributed by atoms with E-state index in [1.807, 2.05) is 0 Å². The molecule has 1 unspecified atom stereocenters. The van der Waals surface area contributed by atoms with Gasteiger partial charge in [-0.05, 0) is 11.8 Å². The van der Waals surface area contributed by atoms with Crippen LogP contribution in [-0.2, 0) is 4.79 Å². The van der Waals surface area contributed by atoms with E-state index in [-0.39, 0.29) is 18.3 Å². The highest BCUT2D eigenvalue weighted by Crippen LogP contribution is 2.31. The van der Waals surface area contributed by atoms with E-state index < -0.39 is 0 Å². The van der Waals surface area contributed by atoms with Crippen LogP contribution in [0.3, 0.4) is 0 Å². The van der Waals surface area contributed by atoms with Crippen LogP contribution in [0.15, 0.2) is 0 Å². The molecule has 0 radical (unpaired) electrons. The van der Waals surface area contributed by atoms with E-state index in [4.69, 9.17) is 0 Å². The summed E-state index contributed by atoms with van der Waals surface area (Å²) in [6.07, 6.45) is 7.48. The molecule has 2 N–H and O–H groups in total. The third-order valence-corrected chi connectivity index (χ3v) is 4.92. The molecular formula is C16H32ClN3O. The van der Waals surface area contributed by atoms with Crippen molar-refractivity contribution in [3.05, 3.63) is 0 Å². The van der Waals surface area contributed by atoms with Crippen LogP contribution in [-0.4, -0.2) is 50.1 Å². The Morgan fingerprint density at radius 3 is 2.57 bits per heavy atom. The molecular weight excluding hydrogens is 286 g/mol. The standard InChI is InChI=1S/C16H31N3O.ClH/c1-14(15-5-3-2-4-6-15)13-16(20)18-9-12-19-10-7-17-8-11-19;/h14-15,17H,2-13H2,1H3,(H,18,20);1H. The molecule has 0 spiro atoms. The maximum absolute atomic E-state index is 12.0. The van der Waals surface area contributed by atoms with Crippen molar-refractivity contribution in [3.8, 4) is 0 Å². The maximum atomic E-state index is 12.0. The summed E-state index contributed by atoms with van der Waals surface area (Å²) in [6, 6.07) is 0. The van der Waals surface area contributed by atoms with Crippen molar-refractivity contribution in [2.75, 3.05) is 39.3 Å². The van der Waals surface area contributed by atoms with Gasteiger partial charge >= 0.3 is 0 Å². The molecule has 1 aliphatic carbocycles. The van der Waals surface area contributed by atoms with E-state index >= 15 is 0 Å². The molecule has 21 heavy (non-hydrogen) atoms. The van der Waals surface area contributed by atoms with Gasteiger partial charge in [0.2, 0.25) is 5.91 Å². The van der Waals surface area contributed by atoms with Gasteiger partial charge < -0.3 is 10.6 Å². The zero-order valence-electron chi connectivity index (χ0n) is 13.4. The zero-order chi connectivity index (χ0) is 14.2. The van der Waals surface area contributed by atoms with Crippen LogP contribution in [0.4, 0.5) is 0 Å². The molecule has 0 bridgehead atoms. The molecule has 2 aliphatic rings. The van der Waals surface area contributed by atoms with Crippen molar-refractivity contribution in [1.29, 1.82) is 0 Å². The largest absolute Gasteiger partial charge is 0.355 e. The lowest BCUT2D eigenvalue weighted by Gasteiger charge is -2.28. The summed E-state index contributed by atoms with van der Waals surface area (Å²) in [4.78, 5) is 14.4. The normalized spacial score (nSPS) is 22.3. The first-order chi connectivity index (χ1) is 9.75. The summed E-state index contributed by atoms with van der Waals surface area (Å²) in [5.41, 5.74) is 0. The number of nitrogens with zero attached hydrogens (tertiary/aromatic N) is 1. The average Bonchev–Trinajstić information content (AvgIpc) is 2.49. The molecule has 2 fully saturated rings. The van der Waals surface area contributed by atoms with Gasteiger partial charge in [-0.2, -0.15) is 0 Å². The fourth-order valence-corrected chi connectivity index (χ4v) is 3.52. The van der Waals surface area contributed by atoms with Crippen molar-refractivity contribution in [2.45, 2.75) is 45.4 Å². The molecule has 1 amide bonds. The molecule has 1 saturated carbocycles. The number of carbonyl (C=O) groups is 1. The van der Waals surface area contributed by atoms with Gasteiger partial charge in [-0.1, -0.05) is 39.0 Å². The SMILES string of the molecule is CC(CC(=O)NCCN1CCNCC1)C1CCCCC1.Cl. The van der Waals surface area contributed by atoms with E-state index in [0.717, 1.165) is 45.2 Å². The Kier molecular flexibility index (Phi) is 9.29. The lowest BCUT2D eigenvalue weighted by atomic mass is 9.79. The van der Waals surface area contributed by atoms with Crippen molar-refractivity contribution < 1.29 is 4.79 Å². The third-order valence-electron chi connectivity index (χ3n) is 4.92. The molecule has 5 heteroatoms. The molecule has 1 atom stereocenters. The van der Waals surface area contributed by atoms with Crippen LogP contribution < -0.4 is 10.6 Å². The molecule has 4 nitrogen and oxygen atoms in total. The third kappa shape index (κ3) is 6.98. The van der Waals surface area contributed by atoms with Gasteiger partial charge in [-0.15, -0.1) is 12.4 Å². The minimum Gasteiger partial charge on any atom is -0.355 e. The van der Waals surface area contributed by atoms with Gasteiger partial charge in [0.1, 0.15) is 0 Å². The highest BCUT2D eigenvalue weighted by atomic mass is 35.5. The number of hydrogen-bond acceptors (Lipinski definition) is 3. The zero-order valence-corrected chi connectivity index (χ0v) is 14.2. The van der Waals surface area contributed by atoms with E-state index in [0.29, 0.717) is 12.3 Å². The van der Waals surface area contributed by atoms with Crippen molar-refractivity contribution in [2.24, 2.45) is 11.8 Å². The van der Waals surface area contributed by atoms with Crippen LogP contribution in [0.25, 0.3) is 0 Å². The summed E-state index contributed by atoms with van der Waals surface area (Å²) in [6.45, 7) is 8.41. The Morgan fingerprint density at radius 1 is 1.24 bits per heavy atom. The number of carbonyl (C=O) groups excluding carboxylic acids is 1. The Hall–Kier alpha value is -0.320. The minimum absolute atomic E-state index is 0. The number of halogens is 1. The predicted octanol–water partition coefficient (Wildman–Crippen LogP) is 2.04. The summed E-state index contributed by atoms with van der Waals surface area (Å²) in [5.74, 6) is 1.58. The highest BCUT2D eigenvalue weighted by Gasteiger charge is 2.22. The fraction of sp³-hybridized carbons (Fsp3) is 0.938. The second-order valence-corrected chi connectivity index (χ2v) is 6.52. The van der Waals surface area contributed by atoms with Gasteiger partial charge in [-0.25, -0.2) is 0 Å². The Balaban J connectivity index is 0.00000220. The van der Waals surface area contributed by atoms with Gasteiger partial charge in [-0.3, -0.25) is 9.69 Å². The Labute approximate surface area is 135 Å². The molecule has 1 heterocycles. The smallest absolute Gasteiger partial charge is 0.220 e. The fourth-order valence-electron chi connectivity index (χ4n) is 3.52. The Bertz CT molecular complexity index is 289. The Morgan fingerprint density at radius 2 is 1.90 bits per heavy atom. The lowest BCUT2D eigenvalue weighted by molar-refractivity contribution is -0.122. The number of nitrogens with one attached hydrogen (secondary N) is 2. The minimum atomic E-state index is 0. The van der Waals surface area contributed by atoms with E-state index in [9.17, 15) is 4.79 Å². The summed E-state index contributed by atoms with van der Waals surface area (Å²) < 4.78 is 0. The van der Waals surface area contributed by atoms with Gasteiger partial charge in [0.15, 0.2) is 0 Å². The van der Waals surface area contributed by atoms with Crippen molar-refractivity contribution >= 4 is 18.3 Å². The van der Waals surface area contributed by atoms with Gasteiger partial charge in [0.05, 0.1) is 0 Å². The molecule has 2 rings (SSSR count). The van der Waals surface area contributed by atoms with Crippen molar-refractivity contribution in [3.63, 3.8) is 0 Å². The second kappa shape index (κ2) is 10.4. The first-order valence-electron chi connectivity index (χ1n) is 8.45. The van der Waals surface area contributed by atoms with E-state index in [2.05, 4.69) is 22.5 Å². The predicted molar refractivity (Wildman–Crippen MR) is 89.9 cm³/mol. The van der Waals surface area contributed by atoms with E-state index in [1.54, 1.807) is 0 Å². The van der Waals surface area contributed by atoms with Crippen LogP contribution in [0.1, 0.15) is 45.4 Å². The van der Waals surface area contributed by atoms with Gasteiger partial charge in [0.25, 0.3) is 0 Å². The molecule has 1 saturated heterocycles. The van der Waals surface area contributed by atoms with Crippen LogP contribution in [0, 0.1) is 11.8 Å². The first-order valence-corrected chi connectivity index (χ1v) is 8.45. The molecule has 0 aromatic rings. The second-order valence-electron chi connectivity index (χ2n) is 6.52. The number of rotatable bonds is 6. The first kappa shape index (κ1) is 18.7. The van der Waals surface area contributed by atoms with Crippen LogP contribution >= 0.6 is 12.4 Å². The van der Waals surface area contributed by atoms with Crippen LogP contribution in [0.2, 0.25) is 0 Å². The van der Waals surface area contributed by atoms with E-state index in [1.165, 1.54) is 32.1 Å². The highest BCUT2D eigenvalue weighted by molar-refractivity contribution is 5.85. The van der Waals surface area contributed by atoms with Crippen molar-refractivity contribution in [1.82, 2.24) is 15.5 Å². The molecule has 0 aromatic heterocycles. The van der Waals surface area contributed by atoms with Gasteiger partial charge in [0, 0.05) is 45.7 Å². The lowest BCUT2D eigenvalue weighted by Crippen LogP contribution is -2.46. The number of hydrogen-bond donors (Lipinski definition) is 2. The molecule has 1 aliphatic heterocycles. The molecule has 0 aromatic carbocycles. The monoisotopic (exact) mass is 317 g/mol. The number of piperazine rings is 1. The summed E-state index contributed by atoms with van der Waals surface area (Å²) in [5, 5.41) is 6.45. The van der Waals surface area contributed by atoms with Crippen LogP contribution in [0.5, 0.6) is 0 Å². The summed E-state index contributed by atoms with van der Waals surface area (Å²) in [7, 11) is 0. The quantitative estimate of drug-likeness (QED) is 0.788. The number of amides is 1. The summed E-state index contributed by atoms with van der Waals surface area (Å²) >= 11 is 0. The maximum Gasteiger partial charge on any atom is 0.220 e.